The molecule has 24 heavy (non-hydrogen) atoms. The van der Waals surface area contributed by atoms with E-state index in [0.717, 1.165) is 31.4 Å². The average molecular weight is 347 g/mol. The van der Waals surface area contributed by atoms with Crippen molar-refractivity contribution in [2.24, 2.45) is 5.92 Å². The number of hydrogen-bond donors (Lipinski definition) is 1. The van der Waals surface area contributed by atoms with Gasteiger partial charge in [-0.3, -0.25) is 9.69 Å². The summed E-state index contributed by atoms with van der Waals surface area (Å²) in [6, 6.07) is 10.9. The van der Waals surface area contributed by atoms with E-state index in [9.17, 15) is 14.3 Å². The fourth-order valence-corrected chi connectivity index (χ4v) is 4.49. The maximum atomic E-state index is 13.3. The predicted molar refractivity (Wildman–Crippen MR) is 93.9 cm³/mol. The maximum absolute atomic E-state index is 13.3. The smallest absolute Gasteiger partial charge is 0.307 e. The van der Waals surface area contributed by atoms with Gasteiger partial charge in [-0.2, -0.15) is 0 Å². The van der Waals surface area contributed by atoms with Gasteiger partial charge in [-0.05, 0) is 55.6 Å². The number of benzene rings is 1. The highest BCUT2D eigenvalue weighted by Crippen LogP contribution is 2.36. The van der Waals surface area contributed by atoms with E-state index in [2.05, 4.69) is 24.0 Å². The van der Waals surface area contributed by atoms with Gasteiger partial charge in [0.1, 0.15) is 5.82 Å². The molecular formula is C19H22FNO2S. The summed E-state index contributed by atoms with van der Waals surface area (Å²) in [5, 5.41) is 9.38. The fourth-order valence-electron chi connectivity index (χ4n) is 3.37. The zero-order valence-corrected chi connectivity index (χ0v) is 14.6. The number of carboxylic acid groups (broad SMARTS) is 1. The van der Waals surface area contributed by atoms with Crippen molar-refractivity contribution in [1.82, 2.24) is 4.90 Å². The molecule has 2 heterocycles. The molecule has 1 aliphatic rings. The minimum absolute atomic E-state index is 0.00181. The Morgan fingerprint density at radius 3 is 2.71 bits per heavy atom. The summed E-state index contributed by atoms with van der Waals surface area (Å²) in [4.78, 5) is 16.2. The van der Waals surface area contributed by atoms with Gasteiger partial charge >= 0.3 is 5.97 Å². The number of carbonyl (C=O) groups is 1. The van der Waals surface area contributed by atoms with Crippen molar-refractivity contribution in [3.63, 3.8) is 0 Å². The molecule has 1 saturated heterocycles. The van der Waals surface area contributed by atoms with Crippen molar-refractivity contribution in [1.29, 1.82) is 0 Å². The average Bonchev–Trinajstić information content (AvgIpc) is 3.06. The van der Waals surface area contributed by atoms with E-state index in [1.54, 1.807) is 11.3 Å². The van der Waals surface area contributed by atoms with Crippen LogP contribution in [-0.2, 0) is 11.2 Å². The number of aryl methyl sites for hydroxylation is 1. The molecule has 1 aromatic heterocycles. The number of halogens is 1. The molecule has 5 heteroatoms. The second kappa shape index (κ2) is 7.45. The molecule has 1 aliphatic heterocycles. The SMILES string of the molecule is CCc1ccc(C(c2ccc(F)cc2)N2CCCC(C(=O)O)C2)s1. The van der Waals surface area contributed by atoms with Crippen LogP contribution in [0.2, 0.25) is 0 Å². The zero-order chi connectivity index (χ0) is 17.1. The number of aliphatic carboxylic acids is 1. The summed E-state index contributed by atoms with van der Waals surface area (Å²) < 4.78 is 13.3. The van der Waals surface area contributed by atoms with Gasteiger partial charge in [-0.1, -0.05) is 19.1 Å². The lowest BCUT2D eigenvalue weighted by Crippen LogP contribution is -2.41. The Morgan fingerprint density at radius 1 is 1.33 bits per heavy atom. The maximum Gasteiger partial charge on any atom is 0.307 e. The normalized spacial score (nSPS) is 20.0. The van der Waals surface area contributed by atoms with Crippen LogP contribution in [0.4, 0.5) is 4.39 Å². The molecule has 0 saturated carbocycles. The van der Waals surface area contributed by atoms with Crippen molar-refractivity contribution in [2.75, 3.05) is 13.1 Å². The zero-order valence-electron chi connectivity index (χ0n) is 13.7. The number of piperidine rings is 1. The first-order valence-corrected chi connectivity index (χ1v) is 9.21. The highest BCUT2D eigenvalue weighted by atomic mass is 32.1. The lowest BCUT2D eigenvalue weighted by Gasteiger charge is -2.37. The van der Waals surface area contributed by atoms with E-state index in [1.165, 1.54) is 21.9 Å². The van der Waals surface area contributed by atoms with Gasteiger partial charge in [0.15, 0.2) is 0 Å². The lowest BCUT2D eigenvalue weighted by atomic mass is 9.94. The number of likely N-dealkylation sites (tertiary alicyclic amines) is 1. The van der Waals surface area contributed by atoms with E-state index in [4.69, 9.17) is 0 Å². The van der Waals surface area contributed by atoms with Crippen molar-refractivity contribution in [3.05, 3.63) is 57.5 Å². The summed E-state index contributed by atoms with van der Waals surface area (Å²) in [6.45, 7) is 3.53. The first kappa shape index (κ1) is 17.1. The van der Waals surface area contributed by atoms with E-state index in [0.29, 0.717) is 6.54 Å². The second-order valence-electron chi connectivity index (χ2n) is 6.28. The van der Waals surface area contributed by atoms with Crippen LogP contribution in [0.15, 0.2) is 36.4 Å². The minimum atomic E-state index is -0.724. The van der Waals surface area contributed by atoms with Crippen LogP contribution in [0.25, 0.3) is 0 Å². The molecule has 1 aromatic carbocycles. The number of hydrogen-bond acceptors (Lipinski definition) is 3. The second-order valence-corrected chi connectivity index (χ2v) is 7.48. The summed E-state index contributed by atoms with van der Waals surface area (Å²) in [5.74, 6) is -1.30. The first-order chi connectivity index (χ1) is 11.6. The molecule has 0 spiro atoms. The standard InChI is InChI=1S/C19H22FNO2S/c1-2-16-9-10-17(24-16)18(13-5-7-15(20)8-6-13)21-11-3-4-14(12-21)19(22)23/h5-10,14,18H,2-4,11-12H2,1H3,(H,22,23). The molecule has 1 fully saturated rings. The molecular weight excluding hydrogens is 325 g/mol. The molecule has 0 amide bonds. The van der Waals surface area contributed by atoms with Gasteiger partial charge in [0.2, 0.25) is 0 Å². The molecule has 0 radical (unpaired) electrons. The summed E-state index contributed by atoms with van der Waals surface area (Å²) in [5.41, 5.74) is 1.02. The van der Waals surface area contributed by atoms with Gasteiger partial charge in [-0.25, -0.2) is 4.39 Å². The highest BCUT2D eigenvalue weighted by Gasteiger charge is 2.31. The molecule has 0 bridgehead atoms. The Labute approximate surface area is 145 Å². The van der Waals surface area contributed by atoms with Gasteiger partial charge < -0.3 is 5.11 Å². The third kappa shape index (κ3) is 3.68. The Bertz CT molecular complexity index is 698. The van der Waals surface area contributed by atoms with Crippen molar-refractivity contribution in [2.45, 2.75) is 32.2 Å². The van der Waals surface area contributed by atoms with Crippen LogP contribution in [0.3, 0.4) is 0 Å². The Balaban J connectivity index is 1.95. The van der Waals surface area contributed by atoms with E-state index < -0.39 is 5.97 Å². The predicted octanol–water partition coefficient (Wildman–Crippen LogP) is 4.34. The van der Waals surface area contributed by atoms with Gasteiger partial charge in [0.25, 0.3) is 0 Å². The van der Waals surface area contributed by atoms with Gasteiger partial charge in [0, 0.05) is 16.3 Å². The molecule has 3 rings (SSSR count). The largest absolute Gasteiger partial charge is 0.481 e. The van der Waals surface area contributed by atoms with Gasteiger partial charge in [0.05, 0.1) is 12.0 Å². The Morgan fingerprint density at radius 2 is 2.08 bits per heavy atom. The van der Waals surface area contributed by atoms with Crippen molar-refractivity contribution in [3.8, 4) is 0 Å². The molecule has 2 unspecified atom stereocenters. The van der Waals surface area contributed by atoms with E-state index in [1.807, 2.05) is 12.1 Å². The Kier molecular flexibility index (Phi) is 5.31. The van der Waals surface area contributed by atoms with Crippen LogP contribution < -0.4 is 0 Å². The summed E-state index contributed by atoms with van der Waals surface area (Å²) >= 11 is 1.76. The van der Waals surface area contributed by atoms with Crippen LogP contribution in [0, 0.1) is 11.7 Å². The highest BCUT2D eigenvalue weighted by molar-refractivity contribution is 7.12. The number of thiophene rings is 1. The van der Waals surface area contributed by atoms with Crippen molar-refractivity contribution >= 4 is 17.3 Å². The molecule has 1 N–H and O–H groups in total. The number of nitrogens with zero attached hydrogens (tertiary/aromatic N) is 1. The first-order valence-electron chi connectivity index (χ1n) is 8.39. The topological polar surface area (TPSA) is 40.5 Å². The number of rotatable bonds is 5. The summed E-state index contributed by atoms with van der Waals surface area (Å²) in [7, 11) is 0. The third-order valence-electron chi connectivity index (χ3n) is 4.65. The van der Waals surface area contributed by atoms with E-state index in [-0.39, 0.29) is 17.8 Å². The quantitative estimate of drug-likeness (QED) is 0.875. The minimum Gasteiger partial charge on any atom is -0.481 e. The fraction of sp³-hybridized carbons (Fsp3) is 0.421. The molecule has 128 valence electrons. The monoisotopic (exact) mass is 347 g/mol. The van der Waals surface area contributed by atoms with Crippen LogP contribution in [-0.4, -0.2) is 29.1 Å². The molecule has 3 nitrogen and oxygen atoms in total. The van der Waals surface area contributed by atoms with Crippen molar-refractivity contribution < 1.29 is 14.3 Å². The Hall–Kier alpha value is -1.72. The van der Waals surface area contributed by atoms with Crippen LogP contribution >= 0.6 is 11.3 Å². The molecule has 2 atom stereocenters. The summed E-state index contributed by atoms with van der Waals surface area (Å²) in [6.07, 6.45) is 2.59. The number of carboxylic acids is 1. The molecule has 0 aliphatic carbocycles. The third-order valence-corrected chi connectivity index (χ3v) is 5.94. The van der Waals surface area contributed by atoms with E-state index >= 15 is 0 Å². The lowest BCUT2D eigenvalue weighted by molar-refractivity contribution is -0.143. The van der Waals surface area contributed by atoms with Gasteiger partial charge in [-0.15, -0.1) is 11.3 Å². The van der Waals surface area contributed by atoms with Crippen LogP contribution in [0.5, 0.6) is 0 Å². The van der Waals surface area contributed by atoms with Crippen LogP contribution in [0.1, 0.15) is 41.1 Å². The molecule has 2 aromatic rings.